The monoisotopic (exact) mass is 601 g/mol. The van der Waals surface area contributed by atoms with Crippen LogP contribution in [0.3, 0.4) is 0 Å². The largest absolute Gasteiger partial charge is 0.490 e. The maximum Gasteiger partial charge on any atom is 0.282 e. The van der Waals surface area contributed by atoms with E-state index in [9.17, 15) is 4.79 Å². The number of aromatic nitrogens is 2. The van der Waals surface area contributed by atoms with Gasteiger partial charge in [-0.3, -0.25) is 4.79 Å². The molecule has 0 aliphatic heterocycles. The number of hydrogen-bond donors (Lipinski definition) is 0. The Morgan fingerprint density at radius 2 is 1.81 bits per heavy atom. The van der Waals surface area contributed by atoms with Gasteiger partial charge < -0.3 is 9.47 Å². The summed E-state index contributed by atoms with van der Waals surface area (Å²) < 4.78 is 14.0. The predicted molar refractivity (Wildman–Crippen MR) is 154 cm³/mol. The van der Waals surface area contributed by atoms with Crippen LogP contribution < -0.4 is 15.0 Å². The third-order valence-electron chi connectivity index (χ3n) is 5.47. The van der Waals surface area contributed by atoms with Gasteiger partial charge in [-0.25, -0.2) is 4.98 Å². The van der Waals surface area contributed by atoms with Crippen molar-refractivity contribution in [2.24, 2.45) is 5.10 Å². The zero-order valence-electron chi connectivity index (χ0n) is 20.9. The molecule has 0 saturated carbocycles. The number of fused-ring (bicyclic) bond motifs is 1. The molecule has 3 aromatic carbocycles. The highest BCUT2D eigenvalue weighted by Crippen LogP contribution is 2.30. The highest BCUT2D eigenvalue weighted by Gasteiger charge is 2.23. The number of hydrogen-bond acceptors (Lipinski definition) is 5. The summed E-state index contributed by atoms with van der Waals surface area (Å²) in [5.41, 5.74) is 1.53. The SMILES string of the molecule is CCOc1cc(C=Nn2c(C(C)(C)C)nc3ccc(Br)cc3c2=O)ccc1OCc1ccc(Cl)cc1Cl. The standard InChI is InChI=1S/C28H26BrCl2N3O3/c1-5-36-25-12-17(6-11-24(25)37-16-18-7-9-20(30)14-22(18)31)15-32-34-26(35)21-13-19(29)8-10-23(21)33-27(34)28(2,3)4/h6-15H,5,16H2,1-4H3. The normalized spacial score (nSPS) is 11.9. The Kier molecular flexibility index (Phi) is 8.26. The van der Waals surface area contributed by atoms with Crippen molar-refractivity contribution in [2.45, 2.75) is 39.7 Å². The Balaban J connectivity index is 1.68. The van der Waals surface area contributed by atoms with E-state index in [1.54, 1.807) is 30.5 Å². The molecule has 0 saturated heterocycles. The molecule has 0 N–H and O–H groups in total. The van der Waals surface area contributed by atoms with Crippen LogP contribution in [0.15, 0.2) is 69.0 Å². The van der Waals surface area contributed by atoms with Crippen LogP contribution in [0.1, 0.15) is 44.6 Å². The van der Waals surface area contributed by atoms with Crippen LogP contribution in [0.2, 0.25) is 10.0 Å². The zero-order chi connectivity index (χ0) is 26.7. The molecule has 6 nitrogen and oxygen atoms in total. The fourth-order valence-corrected chi connectivity index (χ4v) is 4.48. The van der Waals surface area contributed by atoms with Gasteiger partial charge in [-0.1, -0.05) is 66.0 Å². The number of rotatable bonds is 7. The van der Waals surface area contributed by atoms with E-state index in [1.165, 1.54) is 4.68 Å². The molecule has 0 spiro atoms. The maximum atomic E-state index is 13.4. The molecular weight excluding hydrogens is 577 g/mol. The van der Waals surface area contributed by atoms with Gasteiger partial charge in [0.25, 0.3) is 5.56 Å². The Labute approximate surface area is 234 Å². The second-order valence-corrected chi connectivity index (χ2v) is 11.1. The smallest absolute Gasteiger partial charge is 0.282 e. The summed E-state index contributed by atoms with van der Waals surface area (Å²) in [5, 5.41) is 6.12. The van der Waals surface area contributed by atoms with Gasteiger partial charge in [-0.2, -0.15) is 9.78 Å². The van der Waals surface area contributed by atoms with Gasteiger partial charge in [0.15, 0.2) is 11.5 Å². The van der Waals surface area contributed by atoms with E-state index in [1.807, 2.05) is 58.0 Å². The molecule has 0 amide bonds. The van der Waals surface area contributed by atoms with E-state index in [4.69, 9.17) is 37.7 Å². The third kappa shape index (κ3) is 6.35. The number of halogens is 3. The summed E-state index contributed by atoms with van der Waals surface area (Å²) in [6.45, 7) is 8.60. The average molecular weight is 603 g/mol. The minimum Gasteiger partial charge on any atom is -0.490 e. The fraction of sp³-hybridized carbons (Fsp3) is 0.250. The molecular formula is C28H26BrCl2N3O3. The lowest BCUT2D eigenvalue weighted by atomic mass is 9.95. The Morgan fingerprint density at radius 1 is 1.03 bits per heavy atom. The van der Waals surface area contributed by atoms with Crippen molar-refractivity contribution in [1.82, 2.24) is 9.66 Å². The summed E-state index contributed by atoms with van der Waals surface area (Å²) >= 11 is 15.7. The van der Waals surface area contributed by atoms with E-state index in [0.717, 1.165) is 15.6 Å². The van der Waals surface area contributed by atoms with Crippen LogP contribution in [0.5, 0.6) is 11.5 Å². The molecule has 1 aromatic heterocycles. The first kappa shape index (κ1) is 27.2. The molecule has 37 heavy (non-hydrogen) atoms. The molecule has 0 aliphatic carbocycles. The van der Waals surface area contributed by atoms with Crippen molar-refractivity contribution in [2.75, 3.05) is 6.61 Å². The topological polar surface area (TPSA) is 65.7 Å². The molecule has 0 fully saturated rings. The Hall–Kier alpha value is -2.87. The lowest BCUT2D eigenvalue weighted by Crippen LogP contribution is -2.29. The predicted octanol–water partition coefficient (Wildman–Crippen LogP) is 7.62. The summed E-state index contributed by atoms with van der Waals surface area (Å²) in [6.07, 6.45) is 1.62. The van der Waals surface area contributed by atoms with Crippen molar-refractivity contribution >= 4 is 56.2 Å². The Bertz CT molecular complexity index is 1540. The van der Waals surface area contributed by atoms with Crippen LogP contribution >= 0.6 is 39.1 Å². The lowest BCUT2D eigenvalue weighted by molar-refractivity contribution is 0.269. The highest BCUT2D eigenvalue weighted by atomic mass is 79.9. The summed E-state index contributed by atoms with van der Waals surface area (Å²) in [7, 11) is 0. The van der Waals surface area contributed by atoms with Gasteiger partial charge in [0.1, 0.15) is 12.4 Å². The highest BCUT2D eigenvalue weighted by molar-refractivity contribution is 9.10. The van der Waals surface area contributed by atoms with E-state index in [-0.39, 0.29) is 12.2 Å². The van der Waals surface area contributed by atoms with Gasteiger partial charge >= 0.3 is 0 Å². The molecule has 0 bridgehead atoms. The first-order chi connectivity index (χ1) is 17.6. The van der Waals surface area contributed by atoms with Gasteiger partial charge in [0.05, 0.1) is 23.7 Å². The lowest BCUT2D eigenvalue weighted by Gasteiger charge is -2.21. The molecule has 1 heterocycles. The van der Waals surface area contributed by atoms with Crippen molar-refractivity contribution in [3.05, 3.63) is 96.4 Å². The first-order valence-electron chi connectivity index (χ1n) is 11.7. The maximum absolute atomic E-state index is 13.4. The number of ether oxygens (including phenoxy) is 2. The second-order valence-electron chi connectivity index (χ2n) is 9.37. The molecule has 4 aromatic rings. The van der Waals surface area contributed by atoms with Gasteiger partial charge in [0, 0.05) is 25.5 Å². The molecule has 0 radical (unpaired) electrons. The van der Waals surface area contributed by atoms with E-state index in [0.29, 0.717) is 44.9 Å². The molecule has 0 atom stereocenters. The second kappa shape index (κ2) is 11.3. The fourth-order valence-electron chi connectivity index (χ4n) is 3.65. The van der Waals surface area contributed by atoms with E-state index >= 15 is 0 Å². The number of benzene rings is 3. The summed E-state index contributed by atoms with van der Waals surface area (Å²) in [6, 6.07) is 16.2. The van der Waals surface area contributed by atoms with Gasteiger partial charge in [-0.05, 0) is 61.0 Å². The van der Waals surface area contributed by atoms with Crippen LogP contribution in [-0.4, -0.2) is 22.5 Å². The first-order valence-corrected chi connectivity index (χ1v) is 13.2. The quantitative estimate of drug-likeness (QED) is 0.204. The minimum atomic E-state index is -0.408. The summed E-state index contributed by atoms with van der Waals surface area (Å²) in [5.74, 6) is 1.68. The molecule has 9 heteroatoms. The summed E-state index contributed by atoms with van der Waals surface area (Å²) in [4.78, 5) is 18.1. The van der Waals surface area contributed by atoms with E-state index in [2.05, 4.69) is 21.0 Å². The van der Waals surface area contributed by atoms with Crippen molar-refractivity contribution < 1.29 is 9.47 Å². The van der Waals surface area contributed by atoms with Crippen molar-refractivity contribution in [1.29, 1.82) is 0 Å². The van der Waals surface area contributed by atoms with Crippen LogP contribution in [0.4, 0.5) is 0 Å². The molecule has 4 rings (SSSR count). The van der Waals surface area contributed by atoms with Crippen LogP contribution in [-0.2, 0) is 12.0 Å². The zero-order valence-corrected chi connectivity index (χ0v) is 24.0. The molecule has 192 valence electrons. The third-order valence-corrected chi connectivity index (χ3v) is 6.55. The number of nitrogens with zero attached hydrogens (tertiary/aromatic N) is 3. The average Bonchev–Trinajstić information content (AvgIpc) is 2.83. The van der Waals surface area contributed by atoms with Crippen LogP contribution in [0.25, 0.3) is 10.9 Å². The van der Waals surface area contributed by atoms with Crippen LogP contribution in [0, 0.1) is 0 Å². The molecule has 0 aliphatic rings. The minimum absolute atomic E-state index is 0.239. The molecule has 0 unspecified atom stereocenters. The van der Waals surface area contributed by atoms with Crippen molar-refractivity contribution in [3.63, 3.8) is 0 Å². The van der Waals surface area contributed by atoms with Gasteiger partial charge in [-0.15, -0.1) is 0 Å². The Morgan fingerprint density at radius 3 is 2.51 bits per heavy atom. The van der Waals surface area contributed by atoms with E-state index < -0.39 is 5.41 Å². The van der Waals surface area contributed by atoms with Crippen molar-refractivity contribution in [3.8, 4) is 11.5 Å². The van der Waals surface area contributed by atoms with Gasteiger partial charge in [0.2, 0.25) is 0 Å².